The van der Waals surface area contributed by atoms with Gasteiger partial charge in [0.1, 0.15) is 0 Å². The zero-order valence-corrected chi connectivity index (χ0v) is 19.1. The minimum Gasteiger partial charge on any atom is -0.378 e. The van der Waals surface area contributed by atoms with E-state index >= 15 is 0 Å². The quantitative estimate of drug-likeness (QED) is 0.352. The Morgan fingerprint density at radius 1 is 1.00 bits per heavy atom. The Bertz CT molecular complexity index is 972. The lowest BCUT2D eigenvalue weighted by atomic mass is 9.98. The van der Waals surface area contributed by atoms with Crippen LogP contribution in [0.15, 0.2) is 65.8 Å². The van der Waals surface area contributed by atoms with E-state index in [1.807, 2.05) is 65.2 Å². The molecule has 7 heteroatoms. The predicted octanol–water partition coefficient (Wildman–Crippen LogP) is 4.88. The van der Waals surface area contributed by atoms with Crippen molar-refractivity contribution in [3.05, 3.63) is 60.7 Å². The molecule has 0 unspecified atom stereocenters. The van der Waals surface area contributed by atoms with Gasteiger partial charge in [-0.05, 0) is 31.4 Å². The third-order valence-corrected chi connectivity index (χ3v) is 6.49. The highest BCUT2D eigenvalue weighted by Crippen LogP contribution is 2.27. The number of hydrogen-bond acceptors (Lipinski definition) is 5. The number of amides is 1. The van der Waals surface area contributed by atoms with Crippen LogP contribution in [-0.4, -0.2) is 45.7 Å². The lowest BCUT2D eigenvalue weighted by Gasteiger charge is -2.21. The van der Waals surface area contributed by atoms with Gasteiger partial charge in [-0.1, -0.05) is 79.6 Å². The molecule has 2 aromatic carbocycles. The minimum atomic E-state index is -0.00320. The summed E-state index contributed by atoms with van der Waals surface area (Å²) in [4.78, 5) is 12.4. The molecule has 32 heavy (non-hydrogen) atoms. The van der Waals surface area contributed by atoms with Gasteiger partial charge in [-0.2, -0.15) is 0 Å². The maximum Gasteiger partial charge on any atom is 0.230 e. The Kier molecular flexibility index (Phi) is 8.34. The van der Waals surface area contributed by atoms with Crippen LogP contribution in [0.2, 0.25) is 0 Å². The number of nitrogens with one attached hydrogen (secondary N) is 1. The lowest BCUT2D eigenvalue weighted by molar-refractivity contribution is -0.118. The number of thioether (sulfide) groups is 1. The molecular weight excluding hydrogens is 420 g/mol. The number of rotatable bonds is 10. The van der Waals surface area contributed by atoms with Crippen molar-refractivity contribution in [3.8, 4) is 17.1 Å². The summed E-state index contributed by atoms with van der Waals surface area (Å²) in [6, 6.07) is 20.0. The number of nitrogens with zero attached hydrogens (tertiary/aromatic N) is 3. The summed E-state index contributed by atoms with van der Waals surface area (Å²) in [5.74, 6) is 1.06. The number of carbonyl (C=O) groups excluding carboxylic acids is 1. The first kappa shape index (κ1) is 22.6. The van der Waals surface area contributed by atoms with Gasteiger partial charge in [0.05, 0.1) is 11.9 Å². The van der Waals surface area contributed by atoms with Gasteiger partial charge in [0.2, 0.25) is 5.91 Å². The molecule has 1 amide bonds. The Labute approximate surface area is 193 Å². The molecule has 168 valence electrons. The van der Waals surface area contributed by atoms with Crippen molar-refractivity contribution in [1.82, 2.24) is 20.1 Å². The Morgan fingerprint density at radius 2 is 1.72 bits per heavy atom. The zero-order valence-electron chi connectivity index (χ0n) is 18.3. The maximum atomic E-state index is 12.4. The molecule has 1 fully saturated rings. The average Bonchev–Trinajstić information content (AvgIpc) is 3.28. The van der Waals surface area contributed by atoms with Crippen molar-refractivity contribution in [3.63, 3.8) is 0 Å². The Balaban J connectivity index is 1.31. The van der Waals surface area contributed by atoms with Crippen LogP contribution in [0.5, 0.6) is 0 Å². The van der Waals surface area contributed by atoms with E-state index < -0.39 is 0 Å². The van der Waals surface area contributed by atoms with E-state index in [2.05, 4.69) is 15.5 Å². The van der Waals surface area contributed by atoms with E-state index in [0.717, 1.165) is 23.5 Å². The highest BCUT2D eigenvalue weighted by atomic mass is 32.2. The van der Waals surface area contributed by atoms with Crippen LogP contribution in [0.4, 0.5) is 0 Å². The number of para-hydroxylation sites is 1. The van der Waals surface area contributed by atoms with E-state index in [1.165, 1.54) is 43.9 Å². The van der Waals surface area contributed by atoms with Crippen molar-refractivity contribution in [2.75, 3.05) is 18.9 Å². The van der Waals surface area contributed by atoms with Crippen molar-refractivity contribution < 1.29 is 9.53 Å². The van der Waals surface area contributed by atoms with Crippen LogP contribution in [0, 0.1) is 0 Å². The molecule has 1 aromatic heterocycles. The predicted molar refractivity (Wildman–Crippen MR) is 128 cm³/mol. The molecule has 1 saturated carbocycles. The molecule has 6 nitrogen and oxygen atoms in total. The lowest BCUT2D eigenvalue weighted by Crippen LogP contribution is -2.27. The topological polar surface area (TPSA) is 69.0 Å². The molecule has 0 saturated heterocycles. The number of carbonyl (C=O) groups is 1. The van der Waals surface area contributed by atoms with E-state index in [9.17, 15) is 4.79 Å². The summed E-state index contributed by atoms with van der Waals surface area (Å²) in [5, 5.41) is 12.5. The second-order valence-electron chi connectivity index (χ2n) is 7.97. The van der Waals surface area contributed by atoms with Gasteiger partial charge in [-0.3, -0.25) is 9.36 Å². The highest BCUT2D eigenvalue weighted by molar-refractivity contribution is 7.99. The highest BCUT2D eigenvalue weighted by Gasteiger charge is 2.17. The Morgan fingerprint density at radius 3 is 2.47 bits per heavy atom. The molecule has 0 spiro atoms. The molecule has 4 rings (SSSR count). The third-order valence-electron chi connectivity index (χ3n) is 5.56. The van der Waals surface area contributed by atoms with Crippen LogP contribution in [0.25, 0.3) is 17.1 Å². The first-order chi connectivity index (χ1) is 15.8. The zero-order chi connectivity index (χ0) is 22.0. The molecule has 1 aliphatic rings. The third kappa shape index (κ3) is 6.20. The largest absolute Gasteiger partial charge is 0.378 e. The molecule has 0 aliphatic heterocycles. The number of hydrogen-bond donors (Lipinski definition) is 1. The molecule has 0 bridgehead atoms. The monoisotopic (exact) mass is 450 g/mol. The summed E-state index contributed by atoms with van der Waals surface area (Å²) in [6.07, 6.45) is 7.49. The van der Waals surface area contributed by atoms with Crippen LogP contribution in [0.1, 0.15) is 38.5 Å². The van der Waals surface area contributed by atoms with Crippen LogP contribution in [-0.2, 0) is 9.53 Å². The van der Waals surface area contributed by atoms with Gasteiger partial charge in [-0.25, -0.2) is 0 Å². The van der Waals surface area contributed by atoms with E-state index in [4.69, 9.17) is 4.74 Å². The minimum absolute atomic E-state index is 0.00320. The first-order valence-corrected chi connectivity index (χ1v) is 12.4. The van der Waals surface area contributed by atoms with Gasteiger partial charge in [-0.15, -0.1) is 10.2 Å². The van der Waals surface area contributed by atoms with Gasteiger partial charge in [0, 0.05) is 24.4 Å². The van der Waals surface area contributed by atoms with Crippen molar-refractivity contribution in [1.29, 1.82) is 0 Å². The fourth-order valence-corrected chi connectivity index (χ4v) is 4.69. The van der Waals surface area contributed by atoms with Crippen molar-refractivity contribution >= 4 is 17.7 Å². The molecule has 1 aliphatic carbocycles. The van der Waals surface area contributed by atoms with E-state index in [1.54, 1.807) is 0 Å². The van der Waals surface area contributed by atoms with Gasteiger partial charge in [0.15, 0.2) is 11.0 Å². The van der Waals surface area contributed by atoms with Gasteiger partial charge < -0.3 is 10.1 Å². The van der Waals surface area contributed by atoms with Crippen LogP contribution in [0.3, 0.4) is 0 Å². The molecular formula is C25H30N4O2S. The standard InChI is InChI=1S/C25H30N4O2S/c30-23(26-17-10-18-31-22-15-8-3-9-16-22)19-32-25-28-27-24(20-11-4-1-5-12-20)29(25)21-13-6-2-7-14-21/h1-2,4-7,11-14,22H,3,8-10,15-19H2,(H,26,30). The molecule has 0 atom stereocenters. The average molecular weight is 451 g/mol. The molecule has 0 radical (unpaired) electrons. The van der Waals surface area contributed by atoms with Gasteiger partial charge >= 0.3 is 0 Å². The number of benzene rings is 2. The summed E-state index contributed by atoms with van der Waals surface area (Å²) in [6.45, 7) is 1.34. The van der Waals surface area contributed by atoms with Gasteiger partial charge in [0.25, 0.3) is 0 Å². The van der Waals surface area contributed by atoms with Crippen LogP contribution < -0.4 is 5.32 Å². The first-order valence-electron chi connectivity index (χ1n) is 11.4. The summed E-state index contributed by atoms with van der Waals surface area (Å²) >= 11 is 1.40. The second kappa shape index (κ2) is 11.8. The number of aromatic nitrogens is 3. The normalized spacial score (nSPS) is 14.4. The SMILES string of the molecule is O=C(CSc1nnc(-c2ccccc2)n1-c1ccccc1)NCCCOC1CCCCC1. The fraction of sp³-hybridized carbons (Fsp3) is 0.400. The molecule has 1 N–H and O–H groups in total. The molecule has 1 heterocycles. The number of ether oxygens (including phenoxy) is 1. The summed E-state index contributed by atoms with van der Waals surface area (Å²) in [7, 11) is 0. The second-order valence-corrected chi connectivity index (χ2v) is 8.91. The molecule has 3 aromatic rings. The van der Waals surface area contributed by atoms with E-state index in [0.29, 0.717) is 30.2 Å². The fourth-order valence-electron chi connectivity index (χ4n) is 3.91. The summed E-state index contributed by atoms with van der Waals surface area (Å²) < 4.78 is 7.93. The Hall–Kier alpha value is -2.64. The summed E-state index contributed by atoms with van der Waals surface area (Å²) in [5.41, 5.74) is 1.96. The van der Waals surface area contributed by atoms with E-state index in [-0.39, 0.29) is 5.91 Å². The smallest absolute Gasteiger partial charge is 0.230 e. The maximum absolute atomic E-state index is 12.4. The van der Waals surface area contributed by atoms with Crippen molar-refractivity contribution in [2.24, 2.45) is 0 Å². The van der Waals surface area contributed by atoms with Crippen molar-refractivity contribution in [2.45, 2.75) is 49.8 Å². The van der Waals surface area contributed by atoms with Crippen LogP contribution >= 0.6 is 11.8 Å².